The molecule has 0 bridgehead atoms. The first-order chi connectivity index (χ1) is 22.9. The Labute approximate surface area is 275 Å². The fourth-order valence-electron chi connectivity index (χ4n) is 6.04. The monoisotopic (exact) mass is 695 g/mol. The van der Waals surface area contributed by atoms with Crippen molar-refractivity contribution in [3.63, 3.8) is 0 Å². The maximum atomic E-state index is 15.5. The molecule has 1 aliphatic rings. The van der Waals surface area contributed by atoms with Gasteiger partial charge in [-0.15, -0.1) is 0 Å². The zero-order valence-electron chi connectivity index (χ0n) is 26.8. The summed E-state index contributed by atoms with van der Waals surface area (Å²) in [5.74, 6) is -1.86. The second-order valence-electron chi connectivity index (χ2n) is 11.7. The number of amides is 1. The number of hydrogen-bond acceptors (Lipinski definition) is 6. The quantitative estimate of drug-likeness (QED) is 0.187. The summed E-state index contributed by atoms with van der Waals surface area (Å²) in [6.45, 7) is 5.71. The first kappa shape index (κ1) is 35.4. The van der Waals surface area contributed by atoms with Crippen molar-refractivity contribution in [3.05, 3.63) is 99.3 Å². The van der Waals surface area contributed by atoms with Crippen LogP contribution in [-0.2, 0) is 29.1 Å². The molecule has 1 aromatic carbocycles. The van der Waals surface area contributed by atoms with E-state index in [9.17, 15) is 35.9 Å². The average Bonchev–Trinajstić information content (AvgIpc) is 3.52. The van der Waals surface area contributed by atoms with Crippen LogP contribution < -0.4 is 15.8 Å². The fourth-order valence-corrected chi connectivity index (χ4v) is 6.04. The highest BCUT2D eigenvalue weighted by Gasteiger charge is 2.46. The summed E-state index contributed by atoms with van der Waals surface area (Å²) in [5.41, 5.74) is -1.66. The van der Waals surface area contributed by atoms with E-state index in [0.29, 0.717) is 5.69 Å². The van der Waals surface area contributed by atoms with E-state index in [1.54, 1.807) is 6.07 Å². The van der Waals surface area contributed by atoms with Gasteiger partial charge in [-0.3, -0.25) is 9.59 Å². The maximum absolute atomic E-state index is 15.5. The van der Waals surface area contributed by atoms with E-state index in [0.717, 1.165) is 21.7 Å². The summed E-state index contributed by atoms with van der Waals surface area (Å²) in [7, 11) is 2.53. The van der Waals surface area contributed by atoms with Crippen LogP contribution in [-0.4, -0.2) is 65.0 Å². The zero-order chi connectivity index (χ0) is 36.0. The molecule has 4 aromatic rings. The Morgan fingerprint density at radius 1 is 1.18 bits per heavy atom. The number of pyridine rings is 2. The highest BCUT2D eigenvalue weighted by atomic mass is 19.4. The number of ether oxygens (including phenoxy) is 2. The molecule has 1 N–H and O–H groups in total. The molecule has 5 rings (SSSR count). The van der Waals surface area contributed by atoms with Crippen LogP contribution in [0, 0.1) is 19.7 Å². The number of anilines is 1. The number of halogens is 7. The third kappa shape index (κ3) is 6.86. The third-order valence-corrected chi connectivity index (χ3v) is 8.55. The van der Waals surface area contributed by atoms with Crippen LogP contribution in [0.3, 0.4) is 0 Å². The summed E-state index contributed by atoms with van der Waals surface area (Å²) in [4.78, 5) is 31.9. The predicted octanol–water partition coefficient (Wildman–Crippen LogP) is 5.74. The molecule has 0 aliphatic carbocycles. The standard InChI is InChI=1S/C33H32F7N5O4/c1-17-12-21(44-10-11-49-16-26(44)33(38,39)40)13-24(34)27(17)30(46)42-25(19(3)48-5)14-20-6-7-22(29-41-8-9-45(20)29)28-18(2)23(32(35,36)37)15-43(4)31(28)47/h6-9,12-13,15,25-26H,3,10-11,14,16H2,1-2,4-5H3,(H,42,46)/t25-,26+/m0/s1. The second kappa shape index (κ2) is 13.2. The summed E-state index contributed by atoms with van der Waals surface area (Å²) >= 11 is 0. The van der Waals surface area contributed by atoms with Gasteiger partial charge in [0.05, 0.1) is 43.1 Å². The molecule has 9 nitrogen and oxygen atoms in total. The summed E-state index contributed by atoms with van der Waals surface area (Å²) < 4.78 is 111. The Hall–Kier alpha value is -4.86. The van der Waals surface area contributed by atoms with Crippen molar-refractivity contribution in [2.24, 2.45) is 7.05 Å². The number of aryl methyl sites for hydroxylation is 2. The molecule has 1 amide bonds. The number of imidazole rings is 1. The molecule has 0 spiro atoms. The van der Waals surface area contributed by atoms with Crippen molar-refractivity contribution in [1.29, 1.82) is 0 Å². The number of benzene rings is 1. The van der Waals surface area contributed by atoms with Crippen LogP contribution in [0.25, 0.3) is 16.8 Å². The van der Waals surface area contributed by atoms with E-state index in [-0.39, 0.29) is 58.9 Å². The van der Waals surface area contributed by atoms with Gasteiger partial charge in [-0.25, -0.2) is 9.37 Å². The summed E-state index contributed by atoms with van der Waals surface area (Å²) in [6.07, 6.45) is -5.71. The molecular formula is C33H32F7N5O4. The maximum Gasteiger partial charge on any atom is 0.418 e. The van der Waals surface area contributed by atoms with Crippen LogP contribution in [0.15, 0.2) is 60.0 Å². The van der Waals surface area contributed by atoms with E-state index < -0.39 is 59.5 Å². The molecule has 0 radical (unpaired) electrons. The topological polar surface area (TPSA) is 90.1 Å². The molecule has 2 atom stereocenters. The van der Waals surface area contributed by atoms with Crippen LogP contribution >= 0.6 is 0 Å². The number of carbonyl (C=O) groups is 1. The molecule has 3 aromatic heterocycles. The summed E-state index contributed by atoms with van der Waals surface area (Å²) in [5, 5.41) is 2.67. The minimum atomic E-state index is -4.71. The SMILES string of the molecule is C=C(OC)[C@H](Cc1ccc(-c2c(C)c(C(F)(F)F)cn(C)c2=O)c2nccn12)NC(=O)c1c(C)cc(N2CCOC[C@@H]2C(F)(F)F)cc1F. The number of hydrogen-bond donors (Lipinski definition) is 1. The van der Waals surface area contributed by atoms with Gasteiger partial charge in [0, 0.05) is 55.5 Å². The molecule has 0 unspecified atom stereocenters. The third-order valence-electron chi connectivity index (χ3n) is 8.55. The van der Waals surface area contributed by atoms with Gasteiger partial charge in [-0.1, -0.05) is 6.58 Å². The van der Waals surface area contributed by atoms with E-state index in [1.165, 1.54) is 56.9 Å². The molecule has 4 heterocycles. The number of carbonyl (C=O) groups excluding carboxylic acids is 1. The Bertz CT molecular complexity index is 1960. The fraction of sp³-hybridized carbons (Fsp3) is 0.364. The Kier molecular flexibility index (Phi) is 9.56. The number of morpholine rings is 1. The number of rotatable bonds is 8. The lowest BCUT2D eigenvalue weighted by molar-refractivity contribution is -0.167. The lowest BCUT2D eigenvalue weighted by Crippen LogP contribution is -2.53. The lowest BCUT2D eigenvalue weighted by Gasteiger charge is -2.38. The first-order valence-electron chi connectivity index (χ1n) is 14.9. The summed E-state index contributed by atoms with van der Waals surface area (Å²) in [6, 6.07) is 2.21. The van der Waals surface area contributed by atoms with Gasteiger partial charge in [0.1, 0.15) is 23.3 Å². The number of aromatic nitrogens is 3. The normalized spacial score (nSPS) is 16.1. The van der Waals surface area contributed by atoms with Crippen molar-refractivity contribution in [3.8, 4) is 11.1 Å². The molecule has 0 saturated carbocycles. The van der Waals surface area contributed by atoms with Crippen LogP contribution in [0.4, 0.5) is 36.4 Å². The van der Waals surface area contributed by atoms with Crippen molar-refractivity contribution in [2.75, 3.05) is 31.8 Å². The van der Waals surface area contributed by atoms with E-state index >= 15 is 4.39 Å². The molecular weight excluding hydrogens is 663 g/mol. The molecule has 1 fully saturated rings. The van der Waals surface area contributed by atoms with E-state index in [2.05, 4.69) is 16.9 Å². The van der Waals surface area contributed by atoms with Crippen LogP contribution in [0.1, 0.15) is 32.7 Å². The Balaban J connectivity index is 1.47. The molecule has 49 heavy (non-hydrogen) atoms. The number of alkyl halides is 6. The average molecular weight is 696 g/mol. The number of nitrogens with one attached hydrogen (secondary N) is 1. The van der Waals surface area contributed by atoms with Crippen molar-refractivity contribution < 1.29 is 45.0 Å². The number of methoxy groups -OCH3 is 1. The number of nitrogens with zero attached hydrogens (tertiary/aromatic N) is 4. The minimum absolute atomic E-state index is 0.0116. The van der Waals surface area contributed by atoms with E-state index in [4.69, 9.17) is 9.47 Å². The van der Waals surface area contributed by atoms with Crippen molar-refractivity contribution in [1.82, 2.24) is 19.3 Å². The van der Waals surface area contributed by atoms with Gasteiger partial charge in [0.25, 0.3) is 11.5 Å². The van der Waals surface area contributed by atoms with Gasteiger partial charge in [0.2, 0.25) is 0 Å². The zero-order valence-corrected chi connectivity index (χ0v) is 26.8. The van der Waals surface area contributed by atoms with Crippen molar-refractivity contribution >= 4 is 17.2 Å². The number of fused-ring (bicyclic) bond motifs is 1. The smallest absolute Gasteiger partial charge is 0.418 e. The van der Waals surface area contributed by atoms with Gasteiger partial charge < -0.3 is 28.7 Å². The first-order valence-corrected chi connectivity index (χ1v) is 14.9. The Morgan fingerprint density at radius 3 is 2.53 bits per heavy atom. The van der Waals surface area contributed by atoms with Crippen LogP contribution in [0.2, 0.25) is 0 Å². The van der Waals surface area contributed by atoms with Gasteiger partial charge in [-0.2, -0.15) is 26.3 Å². The second-order valence-corrected chi connectivity index (χ2v) is 11.7. The van der Waals surface area contributed by atoms with Gasteiger partial charge in [0.15, 0.2) is 0 Å². The highest BCUT2D eigenvalue weighted by molar-refractivity contribution is 5.96. The van der Waals surface area contributed by atoms with Crippen molar-refractivity contribution in [2.45, 2.75) is 44.7 Å². The molecule has 16 heteroatoms. The molecule has 1 saturated heterocycles. The van der Waals surface area contributed by atoms with E-state index in [1.807, 2.05) is 0 Å². The van der Waals surface area contributed by atoms with Gasteiger partial charge in [-0.05, 0) is 49.2 Å². The Morgan fingerprint density at radius 2 is 1.90 bits per heavy atom. The minimum Gasteiger partial charge on any atom is -0.500 e. The predicted molar refractivity (Wildman–Crippen MR) is 166 cm³/mol. The van der Waals surface area contributed by atoms with Gasteiger partial charge >= 0.3 is 12.4 Å². The molecule has 1 aliphatic heterocycles. The lowest BCUT2D eigenvalue weighted by atomic mass is 9.98. The van der Waals surface area contributed by atoms with Crippen LogP contribution in [0.5, 0.6) is 0 Å². The molecule has 262 valence electrons. The highest BCUT2D eigenvalue weighted by Crippen LogP contribution is 2.36. The largest absolute Gasteiger partial charge is 0.500 e.